The van der Waals surface area contributed by atoms with Crippen molar-refractivity contribution in [3.63, 3.8) is 0 Å². The second-order valence-electron chi connectivity index (χ2n) is 7.16. The molecule has 1 N–H and O–H groups in total. The van der Waals surface area contributed by atoms with Crippen molar-refractivity contribution in [3.8, 4) is 0 Å². The van der Waals surface area contributed by atoms with E-state index in [9.17, 15) is 4.79 Å². The molecule has 3 aromatic rings. The summed E-state index contributed by atoms with van der Waals surface area (Å²) < 4.78 is 1.98. The highest BCUT2D eigenvalue weighted by Crippen LogP contribution is 2.19. The number of likely N-dealkylation sites (tertiary alicyclic amines) is 1. The minimum absolute atomic E-state index is 0.0326. The van der Waals surface area contributed by atoms with E-state index in [1.54, 1.807) is 0 Å². The SMILES string of the molecule is Cn1c(C(=O)NC2CCN(Cc3ccccc3)CC2)cc2ccccc21. The first-order valence-electron chi connectivity index (χ1n) is 9.32. The van der Waals surface area contributed by atoms with E-state index in [1.165, 1.54) is 5.56 Å². The van der Waals surface area contributed by atoms with Gasteiger partial charge in [0.15, 0.2) is 0 Å². The van der Waals surface area contributed by atoms with Gasteiger partial charge < -0.3 is 9.88 Å². The number of amides is 1. The minimum atomic E-state index is 0.0326. The van der Waals surface area contributed by atoms with Gasteiger partial charge in [-0.05, 0) is 30.5 Å². The molecule has 0 atom stereocenters. The lowest BCUT2D eigenvalue weighted by molar-refractivity contribution is 0.0901. The zero-order valence-electron chi connectivity index (χ0n) is 15.2. The summed E-state index contributed by atoms with van der Waals surface area (Å²) >= 11 is 0. The van der Waals surface area contributed by atoms with Gasteiger partial charge in [0, 0.05) is 43.6 Å². The summed E-state index contributed by atoms with van der Waals surface area (Å²) in [6.07, 6.45) is 2.00. The van der Waals surface area contributed by atoms with E-state index >= 15 is 0 Å². The van der Waals surface area contributed by atoms with Crippen molar-refractivity contribution in [2.24, 2.45) is 7.05 Å². The predicted octanol–water partition coefficient (Wildman–Crippen LogP) is 3.57. The molecule has 0 spiro atoms. The number of piperidine rings is 1. The maximum Gasteiger partial charge on any atom is 0.268 e. The van der Waals surface area contributed by atoms with Crippen molar-refractivity contribution in [1.29, 1.82) is 0 Å². The first-order chi connectivity index (χ1) is 12.7. The zero-order valence-corrected chi connectivity index (χ0v) is 15.2. The Bertz CT molecular complexity index is 892. The monoisotopic (exact) mass is 347 g/mol. The number of nitrogens with one attached hydrogen (secondary N) is 1. The van der Waals surface area contributed by atoms with Crippen molar-refractivity contribution in [3.05, 3.63) is 71.9 Å². The topological polar surface area (TPSA) is 37.3 Å². The van der Waals surface area contributed by atoms with Gasteiger partial charge in [0.25, 0.3) is 5.91 Å². The number of aryl methyl sites for hydroxylation is 1. The molecule has 1 amide bonds. The normalized spacial score (nSPS) is 16.0. The highest BCUT2D eigenvalue weighted by atomic mass is 16.2. The van der Waals surface area contributed by atoms with Gasteiger partial charge in [0.05, 0.1) is 0 Å². The largest absolute Gasteiger partial charge is 0.348 e. The van der Waals surface area contributed by atoms with Crippen LogP contribution < -0.4 is 5.32 Å². The Labute approximate surface area is 154 Å². The second kappa shape index (κ2) is 7.34. The number of fused-ring (bicyclic) bond motifs is 1. The number of carbonyl (C=O) groups is 1. The summed E-state index contributed by atoms with van der Waals surface area (Å²) in [6, 6.07) is 20.9. The lowest BCUT2D eigenvalue weighted by atomic mass is 10.0. The van der Waals surface area contributed by atoms with E-state index in [1.807, 2.05) is 41.9 Å². The Kier molecular flexibility index (Phi) is 4.76. The van der Waals surface area contributed by atoms with Crippen molar-refractivity contribution >= 4 is 16.8 Å². The summed E-state index contributed by atoms with van der Waals surface area (Å²) in [5.41, 5.74) is 3.18. The molecular formula is C22H25N3O. The molecule has 1 aromatic heterocycles. The van der Waals surface area contributed by atoms with Crippen molar-refractivity contribution in [1.82, 2.24) is 14.8 Å². The van der Waals surface area contributed by atoms with Gasteiger partial charge >= 0.3 is 0 Å². The number of hydrogen-bond donors (Lipinski definition) is 1. The van der Waals surface area contributed by atoms with Crippen LogP contribution >= 0.6 is 0 Å². The molecule has 1 aliphatic heterocycles. The summed E-state index contributed by atoms with van der Waals surface area (Å²) in [7, 11) is 1.96. The maximum absolute atomic E-state index is 12.7. The number of carbonyl (C=O) groups excluding carboxylic acids is 1. The average molecular weight is 347 g/mol. The van der Waals surface area contributed by atoms with Crippen molar-refractivity contribution in [2.75, 3.05) is 13.1 Å². The second-order valence-corrected chi connectivity index (χ2v) is 7.16. The van der Waals surface area contributed by atoms with Crippen LogP contribution in [-0.2, 0) is 13.6 Å². The molecule has 0 bridgehead atoms. The molecule has 0 unspecified atom stereocenters. The van der Waals surface area contributed by atoms with Gasteiger partial charge in [-0.2, -0.15) is 0 Å². The fraction of sp³-hybridized carbons (Fsp3) is 0.318. The fourth-order valence-corrected chi connectivity index (χ4v) is 3.84. The van der Waals surface area contributed by atoms with Gasteiger partial charge in [-0.15, -0.1) is 0 Å². The Balaban J connectivity index is 1.35. The Morgan fingerprint density at radius 2 is 1.73 bits per heavy atom. The van der Waals surface area contributed by atoms with Crippen LogP contribution in [0.3, 0.4) is 0 Å². The molecule has 0 radical (unpaired) electrons. The highest BCUT2D eigenvalue weighted by molar-refractivity contribution is 5.98. The molecule has 1 saturated heterocycles. The van der Waals surface area contributed by atoms with Crippen LogP contribution in [0.1, 0.15) is 28.9 Å². The summed E-state index contributed by atoms with van der Waals surface area (Å²) in [4.78, 5) is 15.2. The Hall–Kier alpha value is -2.59. The number of aromatic nitrogens is 1. The van der Waals surface area contributed by atoms with Crippen LogP contribution in [0.25, 0.3) is 10.9 Å². The third-order valence-corrected chi connectivity index (χ3v) is 5.36. The van der Waals surface area contributed by atoms with E-state index < -0.39 is 0 Å². The van der Waals surface area contributed by atoms with Crippen molar-refractivity contribution in [2.45, 2.75) is 25.4 Å². The molecule has 0 aliphatic carbocycles. The molecule has 2 heterocycles. The maximum atomic E-state index is 12.7. The van der Waals surface area contributed by atoms with Crippen LogP contribution in [0, 0.1) is 0 Å². The highest BCUT2D eigenvalue weighted by Gasteiger charge is 2.22. The van der Waals surface area contributed by atoms with Crippen LogP contribution in [0.4, 0.5) is 0 Å². The van der Waals surface area contributed by atoms with Crippen LogP contribution in [0.2, 0.25) is 0 Å². The summed E-state index contributed by atoms with van der Waals surface area (Å²) in [5, 5.41) is 4.34. The van der Waals surface area contributed by atoms with E-state index in [-0.39, 0.29) is 11.9 Å². The Morgan fingerprint density at radius 1 is 1.04 bits per heavy atom. The molecule has 4 heteroatoms. The van der Waals surface area contributed by atoms with Crippen molar-refractivity contribution < 1.29 is 4.79 Å². The van der Waals surface area contributed by atoms with E-state index in [2.05, 4.69) is 40.5 Å². The van der Waals surface area contributed by atoms with E-state index in [0.717, 1.165) is 49.1 Å². The fourth-order valence-electron chi connectivity index (χ4n) is 3.84. The molecular weight excluding hydrogens is 322 g/mol. The first-order valence-corrected chi connectivity index (χ1v) is 9.32. The lowest BCUT2D eigenvalue weighted by Gasteiger charge is -2.32. The van der Waals surface area contributed by atoms with Crippen LogP contribution in [0.5, 0.6) is 0 Å². The standard InChI is InChI=1S/C22H25N3O/c1-24-20-10-6-5-9-18(20)15-21(24)22(26)23-19-11-13-25(14-12-19)16-17-7-3-2-4-8-17/h2-10,15,19H,11-14,16H2,1H3,(H,23,26). The smallest absolute Gasteiger partial charge is 0.268 e. The summed E-state index contributed by atoms with van der Waals surface area (Å²) in [5.74, 6) is 0.0326. The molecule has 1 fully saturated rings. The van der Waals surface area contributed by atoms with E-state index in [0.29, 0.717) is 0 Å². The number of nitrogens with zero attached hydrogens (tertiary/aromatic N) is 2. The molecule has 134 valence electrons. The molecule has 2 aromatic carbocycles. The van der Waals surface area contributed by atoms with Gasteiger partial charge in [-0.3, -0.25) is 9.69 Å². The molecule has 4 nitrogen and oxygen atoms in total. The van der Waals surface area contributed by atoms with E-state index in [4.69, 9.17) is 0 Å². The van der Waals surface area contributed by atoms with Crippen LogP contribution in [0.15, 0.2) is 60.7 Å². The van der Waals surface area contributed by atoms with Gasteiger partial charge in [0.2, 0.25) is 0 Å². The molecule has 0 saturated carbocycles. The van der Waals surface area contributed by atoms with Gasteiger partial charge in [-0.1, -0.05) is 48.5 Å². The number of benzene rings is 2. The van der Waals surface area contributed by atoms with Gasteiger partial charge in [0.1, 0.15) is 5.69 Å². The first kappa shape index (κ1) is 16.9. The third-order valence-electron chi connectivity index (χ3n) is 5.36. The van der Waals surface area contributed by atoms with Gasteiger partial charge in [-0.25, -0.2) is 0 Å². The number of hydrogen-bond acceptors (Lipinski definition) is 2. The van der Waals surface area contributed by atoms with Crippen LogP contribution in [-0.4, -0.2) is 34.5 Å². The zero-order chi connectivity index (χ0) is 17.9. The average Bonchev–Trinajstić information content (AvgIpc) is 3.01. The lowest BCUT2D eigenvalue weighted by Crippen LogP contribution is -2.44. The molecule has 4 rings (SSSR count). The number of rotatable bonds is 4. The quantitative estimate of drug-likeness (QED) is 0.783. The molecule has 1 aliphatic rings. The minimum Gasteiger partial charge on any atom is -0.348 e. The molecule has 26 heavy (non-hydrogen) atoms. The predicted molar refractivity (Wildman–Crippen MR) is 105 cm³/mol. The Morgan fingerprint density at radius 3 is 2.46 bits per heavy atom. The number of para-hydroxylation sites is 1. The summed E-state index contributed by atoms with van der Waals surface area (Å²) in [6.45, 7) is 3.04. The third kappa shape index (κ3) is 3.51.